The number of thiazole rings is 1. The highest BCUT2D eigenvalue weighted by Gasteiger charge is 2.09. The SMILES string of the molecule is CCc1ccc2nc(-c3cc(C)ccc3N)sc2c1. The maximum absolute atomic E-state index is 6.07. The van der Waals surface area contributed by atoms with Gasteiger partial charge in [-0.3, -0.25) is 0 Å². The summed E-state index contributed by atoms with van der Waals surface area (Å²) >= 11 is 1.71. The number of hydrogen-bond acceptors (Lipinski definition) is 3. The van der Waals surface area contributed by atoms with Gasteiger partial charge in [0.2, 0.25) is 0 Å². The molecule has 0 radical (unpaired) electrons. The summed E-state index contributed by atoms with van der Waals surface area (Å²) < 4.78 is 1.23. The number of hydrogen-bond donors (Lipinski definition) is 1. The van der Waals surface area contributed by atoms with Crippen LogP contribution in [-0.2, 0) is 6.42 Å². The zero-order valence-electron chi connectivity index (χ0n) is 11.1. The van der Waals surface area contributed by atoms with Crippen LogP contribution in [0.3, 0.4) is 0 Å². The van der Waals surface area contributed by atoms with Gasteiger partial charge in [0.05, 0.1) is 10.2 Å². The summed E-state index contributed by atoms with van der Waals surface area (Å²) in [5.74, 6) is 0. The smallest absolute Gasteiger partial charge is 0.126 e. The summed E-state index contributed by atoms with van der Waals surface area (Å²) in [6.07, 6.45) is 1.05. The maximum Gasteiger partial charge on any atom is 0.126 e. The van der Waals surface area contributed by atoms with Gasteiger partial charge in [-0.1, -0.05) is 24.6 Å². The van der Waals surface area contributed by atoms with E-state index in [0.717, 1.165) is 28.2 Å². The molecule has 0 amide bonds. The van der Waals surface area contributed by atoms with Crippen LogP contribution in [0, 0.1) is 6.92 Å². The first kappa shape index (κ1) is 12.2. The van der Waals surface area contributed by atoms with E-state index < -0.39 is 0 Å². The maximum atomic E-state index is 6.07. The molecule has 3 aromatic rings. The lowest BCUT2D eigenvalue weighted by molar-refractivity contribution is 1.15. The second-order valence-corrected chi connectivity index (χ2v) is 5.80. The molecule has 0 aliphatic carbocycles. The van der Waals surface area contributed by atoms with Crippen molar-refractivity contribution in [3.63, 3.8) is 0 Å². The first-order chi connectivity index (χ1) is 9.17. The van der Waals surface area contributed by atoms with Gasteiger partial charge in [0.1, 0.15) is 5.01 Å². The summed E-state index contributed by atoms with van der Waals surface area (Å²) in [4.78, 5) is 4.70. The van der Waals surface area contributed by atoms with E-state index in [-0.39, 0.29) is 0 Å². The second kappa shape index (κ2) is 4.67. The molecule has 1 heterocycles. The topological polar surface area (TPSA) is 38.9 Å². The number of anilines is 1. The lowest BCUT2D eigenvalue weighted by Gasteiger charge is -2.02. The highest BCUT2D eigenvalue weighted by molar-refractivity contribution is 7.21. The largest absolute Gasteiger partial charge is 0.398 e. The van der Waals surface area contributed by atoms with Gasteiger partial charge in [0.25, 0.3) is 0 Å². The van der Waals surface area contributed by atoms with Crippen molar-refractivity contribution in [2.24, 2.45) is 0 Å². The van der Waals surface area contributed by atoms with Gasteiger partial charge < -0.3 is 5.73 Å². The molecule has 19 heavy (non-hydrogen) atoms. The Bertz CT molecular complexity index is 744. The fourth-order valence-corrected chi connectivity index (χ4v) is 3.23. The minimum absolute atomic E-state index is 0.792. The molecule has 0 atom stereocenters. The fraction of sp³-hybridized carbons (Fsp3) is 0.188. The molecule has 0 spiro atoms. The molecule has 0 aliphatic heterocycles. The average molecular weight is 268 g/mol. The van der Waals surface area contributed by atoms with Crippen molar-refractivity contribution >= 4 is 27.2 Å². The van der Waals surface area contributed by atoms with Crippen LogP contribution < -0.4 is 5.73 Å². The molecule has 2 aromatic carbocycles. The second-order valence-electron chi connectivity index (χ2n) is 4.77. The van der Waals surface area contributed by atoms with Crippen LogP contribution in [0.5, 0.6) is 0 Å². The van der Waals surface area contributed by atoms with Gasteiger partial charge in [-0.15, -0.1) is 11.3 Å². The first-order valence-electron chi connectivity index (χ1n) is 6.43. The number of nitrogen functional groups attached to an aromatic ring is 1. The van der Waals surface area contributed by atoms with Crippen molar-refractivity contribution in [2.45, 2.75) is 20.3 Å². The monoisotopic (exact) mass is 268 g/mol. The fourth-order valence-electron chi connectivity index (χ4n) is 2.16. The molecule has 0 saturated heterocycles. The van der Waals surface area contributed by atoms with Crippen LogP contribution in [0.1, 0.15) is 18.1 Å². The van der Waals surface area contributed by atoms with E-state index in [1.807, 2.05) is 12.1 Å². The lowest BCUT2D eigenvalue weighted by Crippen LogP contribution is -1.89. The zero-order chi connectivity index (χ0) is 13.4. The summed E-state index contributed by atoms with van der Waals surface area (Å²) in [5.41, 5.74) is 11.5. The number of fused-ring (bicyclic) bond motifs is 1. The third-order valence-corrected chi connectivity index (χ3v) is 4.35. The Morgan fingerprint density at radius 3 is 2.79 bits per heavy atom. The third kappa shape index (κ3) is 2.22. The Labute approximate surface area is 116 Å². The van der Waals surface area contributed by atoms with Crippen LogP contribution in [0.2, 0.25) is 0 Å². The molecule has 3 rings (SSSR count). The highest BCUT2D eigenvalue weighted by atomic mass is 32.1. The zero-order valence-corrected chi connectivity index (χ0v) is 11.9. The minimum atomic E-state index is 0.792. The van der Waals surface area contributed by atoms with Gasteiger partial charge in [0.15, 0.2) is 0 Å². The number of nitrogens with zero attached hydrogens (tertiary/aromatic N) is 1. The van der Waals surface area contributed by atoms with E-state index in [1.54, 1.807) is 11.3 Å². The van der Waals surface area contributed by atoms with Crippen molar-refractivity contribution in [1.82, 2.24) is 4.98 Å². The van der Waals surface area contributed by atoms with E-state index in [2.05, 4.69) is 38.1 Å². The average Bonchev–Trinajstić information content (AvgIpc) is 2.83. The van der Waals surface area contributed by atoms with Crippen molar-refractivity contribution in [3.05, 3.63) is 47.5 Å². The van der Waals surface area contributed by atoms with Crippen molar-refractivity contribution in [1.29, 1.82) is 0 Å². The molecule has 0 aliphatic rings. The molecule has 96 valence electrons. The molecule has 0 unspecified atom stereocenters. The Kier molecular flexibility index (Phi) is 2.99. The molecule has 2 nitrogen and oxygen atoms in total. The van der Waals surface area contributed by atoms with Crippen molar-refractivity contribution in [3.8, 4) is 10.6 Å². The Balaban J connectivity index is 2.17. The Morgan fingerprint density at radius 2 is 2.00 bits per heavy atom. The molecular formula is C16H16N2S. The summed E-state index contributed by atoms with van der Waals surface area (Å²) in [6.45, 7) is 4.24. The van der Waals surface area contributed by atoms with Gasteiger partial charge in [-0.2, -0.15) is 0 Å². The van der Waals surface area contributed by atoms with Crippen molar-refractivity contribution in [2.75, 3.05) is 5.73 Å². The van der Waals surface area contributed by atoms with Gasteiger partial charge in [0, 0.05) is 11.3 Å². The number of aryl methyl sites for hydroxylation is 2. The highest BCUT2D eigenvalue weighted by Crippen LogP contribution is 2.34. The molecule has 2 N–H and O–H groups in total. The van der Waals surface area contributed by atoms with E-state index in [4.69, 9.17) is 10.7 Å². The predicted octanol–water partition coefficient (Wildman–Crippen LogP) is 4.42. The lowest BCUT2D eigenvalue weighted by atomic mass is 10.1. The third-order valence-electron chi connectivity index (χ3n) is 3.30. The summed E-state index contributed by atoms with van der Waals surface area (Å²) in [5, 5.41) is 1.00. The summed E-state index contributed by atoms with van der Waals surface area (Å²) in [6, 6.07) is 12.6. The molecular weight excluding hydrogens is 252 g/mol. The first-order valence-corrected chi connectivity index (χ1v) is 7.25. The van der Waals surface area contributed by atoms with Crippen LogP contribution >= 0.6 is 11.3 Å². The number of nitrogens with two attached hydrogens (primary N) is 1. The van der Waals surface area contributed by atoms with Crippen LogP contribution in [0.25, 0.3) is 20.8 Å². The predicted molar refractivity (Wildman–Crippen MR) is 83.6 cm³/mol. The van der Waals surface area contributed by atoms with E-state index in [9.17, 15) is 0 Å². The normalized spacial score (nSPS) is 11.1. The molecule has 0 bridgehead atoms. The van der Waals surface area contributed by atoms with Crippen LogP contribution in [0.15, 0.2) is 36.4 Å². The molecule has 0 fully saturated rings. The molecule has 0 saturated carbocycles. The van der Waals surface area contributed by atoms with Crippen molar-refractivity contribution < 1.29 is 0 Å². The summed E-state index contributed by atoms with van der Waals surface area (Å²) in [7, 11) is 0. The van der Waals surface area contributed by atoms with Gasteiger partial charge >= 0.3 is 0 Å². The standard InChI is InChI=1S/C16H16N2S/c1-3-11-5-7-14-15(9-11)19-16(18-14)12-8-10(2)4-6-13(12)17/h4-9H,3,17H2,1-2H3. The van der Waals surface area contributed by atoms with Crippen LogP contribution in [-0.4, -0.2) is 4.98 Å². The van der Waals surface area contributed by atoms with E-state index >= 15 is 0 Å². The quantitative estimate of drug-likeness (QED) is 0.699. The van der Waals surface area contributed by atoms with Gasteiger partial charge in [-0.25, -0.2) is 4.98 Å². The van der Waals surface area contributed by atoms with Crippen LogP contribution in [0.4, 0.5) is 5.69 Å². The Hall–Kier alpha value is -1.87. The number of benzene rings is 2. The van der Waals surface area contributed by atoms with E-state index in [0.29, 0.717) is 0 Å². The number of rotatable bonds is 2. The van der Waals surface area contributed by atoms with Gasteiger partial charge in [-0.05, 0) is 43.2 Å². The van der Waals surface area contributed by atoms with E-state index in [1.165, 1.54) is 15.8 Å². The minimum Gasteiger partial charge on any atom is -0.398 e. The molecule has 3 heteroatoms. The number of aromatic nitrogens is 1. The molecule has 1 aromatic heterocycles. The Morgan fingerprint density at radius 1 is 1.16 bits per heavy atom.